The Balaban J connectivity index is -0.0000000267. The van der Waals surface area contributed by atoms with E-state index in [1.807, 2.05) is 0 Å². The molecule has 8 heavy (non-hydrogen) atoms. The topological polar surface area (TPSA) is 86.2 Å². The molecule has 0 bridgehead atoms. The number of hydrogen-bond acceptors (Lipinski definition) is 4. The second-order valence-corrected chi connectivity index (χ2v) is 1.34. The summed E-state index contributed by atoms with van der Waals surface area (Å²) in [6.07, 6.45) is 0. The summed E-state index contributed by atoms with van der Waals surface area (Å²) in [6, 6.07) is 0. The first-order chi connectivity index (χ1) is 2.00. The molecule has 0 aliphatic rings. The predicted octanol–water partition coefficient (Wildman–Crippen LogP) is -3.97. The maximum atomic E-state index is 8.55. The molecule has 0 fully saturated rings. The normalized spacial score (nSPS) is 7.38. The zero-order valence-electron chi connectivity index (χ0n) is 4.20. The van der Waals surface area contributed by atoms with Gasteiger partial charge in [0.15, 0.2) is 0 Å². The Labute approximate surface area is 133 Å². The van der Waals surface area contributed by atoms with Crippen LogP contribution in [-0.4, -0.2) is 110 Å². The molecule has 0 aromatic heterocycles. The molecule has 32 valence electrons. The second kappa shape index (κ2) is 10.7. The van der Waals surface area contributed by atoms with Gasteiger partial charge in [0, 0.05) is 0 Å². The van der Waals surface area contributed by atoms with Crippen molar-refractivity contribution >= 4 is 117 Å². The molecular formula is BaCaMgO4P+3. The van der Waals surface area contributed by atoms with E-state index in [0.29, 0.717) is 0 Å². The van der Waals surface area contributed by atoms with E-state index in [9.17, 15) is 0 Å². The van der Waals surface area contributed by atoms with Crippen molar-refractivity contribution in [2.24, 2.45) is 0 Å². The number of hydrogen-bond donors (Lipinski definition) is 0. The van der Waals surface area contributed by atoms with Crippen LogP contribution in [0, 0.1) is 0 Å². The van der Waals surface area contributed by atoms with E-state index >= 15 is 0 Å². The molecule has 4 nitrogen and oxygen atoms in total. The summed E-state index contributed by atoms with van der Waals surface area (Å²) in [5.41, 5.74) is 0. The van der Waals surface area contributed by atoms with Crippen LogP contribution in [0.3, 0.4) is 0 Å². The number of rotatable bonds is 0. The minimum absolute atomic E-state index is 0. The van der Waals surface area contributed by atoms with Crippen LogP contribution in [-0.2, 0) is 4.57 Å². The largest absolute Gasteiger partial charge is 2.00 e. The Morgan fingerprint density at radius 2 is 1.12 bits per heavy atom. The molecule has 0 amide bonds. The van der Waals surface area contributed by atoms with Crippen LogP contribution in [0.25, 0.3) is 0 Å². The summed E-state index contributed by atoms with van der Waals surface area (Å²) in [7, 11) is -5.39. The van der Waals surface area contributed by atoms with Gasteiger partial charge in [0.25, 0.3) is 0 Å². The molecule has 0 atom stereocenters. The minimum Gasteiger partial charge on any atom is -0.822 e. The van der Waals surface area contributed by atoms with Crippen LogP contribution < -0.4 is 14.7 Å². The van der Waals surface area contributed by atoms with Crippen molar-refractivity contribution in [3.8, 4) is 0 Å². The fourth-order valence-electron chi connectivity index (χ4n) is 0. The first-order valence-corrected chi connectivity index (χ1v) is 2.19. The van der Waals surface area contributed by atoms with Crippen LogP contribution in [0.4, 0.5) is 0 Å². The van der Waals surface area contributed by atoms with Crippen LogP contribution in [0.5, 0.6) is 0 Å². The fourth-order valence-corrected chi connectivity index (χ4v) is 0. The molecule has 0 saturated carbocycles. The van der Waals surface area contributed by atoms with Gasteiger partial charge in [-0.2, -0.15) is 7.82 Å². The van der Waals surface area contributed by atoms with Crippen LogP contribution in [0.1, 0.15) is 0 Å². The average Bonchev–Trinajstić information content (AvgIpc) is 0.722. The first-order valence-electron chi connectivity index (χ1n) is 0.730. The Morgan fingerprint density at radius 3 is 1.12 bits per heavy atom. The molecule has 0 rings (SSSR count). The Hall–Kier alpha value is 3.71. The van der Waals surface area contributed by atoms with Crippen molar-refractivity contribution in [3.05, 3.63) is 0 Å². The Bertz CT molecular complexity index is 62.2. The van der Waals surface area contributed by atoms with E-state index in [4.69, 9.17) is 19.2 Å². The molecule has 0 N–H and O–H groups in total. The maximum Gasteiger partial charge on any atom is 2.00 e. The average molecular weight is 297 g/mol. The van der Waals surface area contributed by atoms with Gasteiger partial charge in [-0.3, -0.25) is 0 Å². The van der Waals surface area contributed by atoms with Gasteiger partial charge in [0.05, 0.1) is 0 Å². The third kappa shape index (κ3) is 53.5. The summed E-state index contributed by atoms with van der Waals surface area (Å²) >= 11 is 0. The zero-order chi connectivity index (χ0) is 4.50. The molecule has 0 radical (unpaired) electrons. The van der Waals surface area contributed by atoms with Gasteiger partial charge < -0.3 is 19.2 Å². The van der Waals surface area contributed by atoms with Crippen molar-refractivity contribution in [2.75, 3.05) is 0 Å². The standard InChI is InChI=1S/Ba.Ca.Mg.H3O4P/c;;;1-5(2,3)4/h;;;(H3,1,2,3,4)/q3*+2;/p-3. The second-order valence-electron chi connectivity index (χ2n) is 0.447. The van der Waals surface area contributed by atoms with Crippen molar-refractivity contribution in [1.82, 2.24) is 0 Å². The molecule has 0 unspecified atom stereocenters. The Kier molecular flexibility index (Phi) is 30.2. The van der Waals surface area contributed by atoms with E-state index < -0.39 is 7.82 Å². The molecule has 0 heterocycles. The van der Waals surface area contributed by atoms with E-state index in [-0.39, 0.29) is 110 Å². The van der Waals surface area contributed by atoms with E-state index in [1.165, 1.54) is 0 Å². The molecule has 0 aromatic carbocycles. The van der Waals surface area contributed by atoms with Gasteiger partial charge in [0.2, 0.25) is 0 Å². The van der Waals surface area contributed by atoms with E-state index in [2.05, 4.69) is 0 Å². The predicted molar refractivity (Wildman–Crippen MR) is 24.9 cm³/mol. The van der Waals surface area contributed by atoms with Gasteiger partial charge in [-0.1, -0.05) is 0 Å². The Morgan fingerprint density at radius 1 is 1.12 bits per heavy atom. The van der Waals surface area contributed by atoms with Gasteiger partial charge in [-0.05, 0) is 0 Å². The van der Waals surface area contributed by atoms with Gasteiger partial charge in [-0.25, -0.2) is 0 Å². The number of phosphoric acid groups is 1. The van der Waals surface area contributed by atoms with Crippen molar-refractivity contribution in [2.45, 2.75) is 0 Å². The third-order valence-electron chi connectivity index (χ3n) is 0. The first kappa shape index (κ1) is 22.6. The van der Waals surface area contributed by atoms with Crippen LogP contribution in [0.15, 0.2) is 0 Å². The molecule has 0 saturated heterocycles. The summed E-state index contributed by atoms with van der Waals surface area (Å²) in [4.78, 5) is 25.6. The zero-order valence-corrected chi connectivity index (χ0v) is 13.2. The fraction of sp³-hybridized carbons (Fsp3) is 0. The quantitative estimate of drug-likeness (QED) is 0.337. The van der Waals surface area contributed by atoms with Crippen molar-refractivity contribution < 1.29 is 19.2 Å². The van der Waals surface area contributed by atoms with E-state index in [1.54, 1.807) is 0 Å². The van der Waals surface area contributed by atoms with Crippen LogP contribution >= 0.6 is 7.82 Å². The summed E-state index contributed by atoms with van der Waals surface area (Å²) in [5, 5.41) is 0. The van der Waals surface area contributed by atoms with Crippen molar-refractivity contribution in [1.29, 1.82) is 0 Å². The molecule has 8 heteroatoms. The molecule has 0 aliphatic heterocycles. The monoisotopic (exact) mass is 297 g/mol. The summed E-state index contributed by atoms with van der Waals surface area (Å²) in [6.45, 7) is 0. The molecular weight excluding hydrogens is 297 g/mol. The van der Waals surface area contributed by atoms with Gasteiger partial charge >= 0.3 is 110 Å². The minimum atomic E-state index is -5.39. The summed E-state index contributed by atoms with van der Waals surface area (Å²) < 4.78 is 8.55. The maximum absolute atomic E-state index is 8.55. The molecule has 0 spiro atoms. The van der Waals surface area contributed by atoms with Gasteiger partial charge in [0.1, 0.15) is 0 Å². The van der Waals surface area contributed by atoms with E-state index in [0.717, 1.165) is 0 Å². The molecule has 0 aliphatic carbocycles. The smallest absolute Gasteiger partial charge is 0.822 e. The SMILES string of the molecule is O=P([O-])([O-])[O-].[Ba+2].[Ca+2].[Mg+2]. The third-order valence-corrected chi connectivity index (χ3v) is 0. The van der Waals surface area contributed by atoms with Crippen LogP contribution in [0.2, 0.25) is 0 Å². The summed E-state index contributed by atoms with van der Waals surface area (Å²) in [5.74, 6) is 0. The van der Waals surface area contributed by atoms with Gasteiger partial charge in [-0.15, -0.1) is 0 Å². The molecule has 0 aromatic rings. The van der Waals surface area contributed by atoms with Crippen molar-refractivity contribution in [3.63, 3.8) is 0 Å².